The number of rotatable bonds is 9. The highest BCUT2D eigenvalue weighted by Crippen LogP contribution is 2.31. The van der Waals surface area contributed by atoms with E-state index in [1.807, 2.05) is 12.3 Å². The third kappa shape index (κ3) is 5.48. The van der Waals surface area contributed by atoms with Crippen molar-refractivity contribution in [1.29, 1.82) is 0 Å². The fourth-order valence-electron chi connectivity index (χ4n) is 3.06. The number of thioether (sulfide) groups is 1. The Balaban J connectivity index is 1.42. The summed E-state index contributed by atoms with van der Waals surface area (Å²) in [4.78, 5) is 20.0. The third-order valence-electron chi connectivity index (χ3n) is 4.62. The maximum Gasteiger partial charge on any atom is 0.228 e. The number of anilines is 1. The van der Waals surface area contributed by atoms with Crippen molar-refractivity contribution in [1.82, 2.24) is 14.8 Å². The quantitative estimate of drug-likeness (QED) is 0.250. The summed E-state index contributed by atoms with van der Waals surface area (Å²) in [6, 6.07) is 13.0. The molecule has 9 heteroatoms. The molecule has 0 bridgehead atoms. The molecule has 0 fully saturated rings. The molecule has 4 rings (SSSR count). The molecular weight excluding hydrogens is 438 g/mol. The van der Waals surface area contributed by atoms with Gasteiger partial charge in [0.1, 0.15) is 17.2 Å². The van der Waals surface area contributed by atoms with E-state index in [1.54, 1.807) is 51.8 Å². The molecule has 4 aromatic rings. The summed E-state index contributed by atoms with van der Waals surface area (Å²) in [6.45, 7) is 0.911. The number of carbonyl (C=O) groups is 1. The topological polar surface area (TPSA) is 51.0 Å². The summed E-state index contributed by atoms with van der Waals surface area (Å²) in [5, 5.41) is 4.67. The molecule has 0 aliphatic rings. The van der Waals surface area contributed by atoms with E-state index in [2.05, 4.69) is 10.1 Å². The van der Waals surface area contributed by atoms with E-state index >= 15 is 0 Å². The molecule has 0 radical (unpaired) electrons. The molecule has 2 aromatic heterocycles. The summed E-state index contributed by atoms with van der Waals surface area (Å²) in [5.41, 5.74) is 0.284. The van der Waals surface area contributed by atoms with Gasteiger partial charge in [-0.1, -0.05) is 17.4 Å². The summed E-state index contributed by atoms with van der Waals surface area (Å²) < 4.78 is 29.6. The number of carbonyl (C=O) groups excluding carboxylic acids is 1. The van der Waals surface area contributed by atoms with E-state index in [0.717, 1.165) is 10.6 Å². The van der Waals surface area contributed by atoms with Gasteiger partial charge in [-0.15, -0.1) is 11.8 Å². The zero-order valence-electron chi connectivity index (χ0n) is 16.6. The summed E-state index contributed by atoms with van der Waals surface area (Å²) in [7, 11) is 0. The predicted molar refractivity (Wildman–Crippen MR) is 121 cm³/mol. The van der Waals surface area contributed by atoms with Crippen LogP contribution in [-0.4, -0.2) is 33.0 Å². The largest absolute Gasteiger partial charge is 0.286 e. The molecule has 0 atom stereocenters. The fraction of sp³-hybridized carbons (Fsp3) is 0.227. The molecule has 0 saturated carbocycles. The highest BCUT2D eigenvalue weighted by molar-refractivity contribution is 7.99. The molecular formula is C22H20F2N4OS2. The summed E-state index contributed by atoms with van der Waals surface area (Å²) >= 11 is 2.89. The van der Waals surface area contributed by atoms with E-state index in [0.29, 0.717) is 35.8 Å². The molecule has 0 spiro atoms. The first kappa shape index (κ1) is 21.5. The Hall–Kier alpha value is -2.78. The lowest BCUT2D eigenvalue weighted by molar-refractivity contribution is -0.118. The number of thiazole rings is 1. The molecule has 31 heavy (non-hydrogen) atoms. The highest BCUT2D eigenvalue weighted by Gasteiger charge is 2.20. The van der Waals surface area contributed by atoms with Crippen LogP contribution in [0.4, 0.5) is 13.9 Å². The van der Waals surface area contributed by atoms with Gasteiger partial charge in [-0.3, -0.25) is 14.4 Å². The number of halogens is 2. The molecule has 160 valence electrons. The monoisotopic (exact) mass is 458 g/mol. The van der Waals surface area contributed by atoms with Crippen LogP contribution >= 0.6 is 23.1 Å². The fourth-order valence-corrected chi connectivity index (χ4v) is 4.94. The van der Waals surface area contributed by atoms with Crippen molar-refractivity contribution in [3.63, 3.8) is 0 Å². The van der Waals surface area contributed by atoms with Gasteiger partial charge in [0.05, 0.1) is 11.2 Å². The second kappa shape index (κ2) is 10.0. The van der Waals surface area contributed by atoms with Gasteiger partial charge in [-0.05, 0) is 54.6 Å². The Labute approximate surface area is 186 Å². The normalized spacial score (nSPS) is 11.2. The lowest BCUT2D eigenvalue weighted by atomic mass is 10.3. The van der Waals surface area contributed by atoms with E-state index in [9.17, 15) is 13.6 Å². The van der Waals surface area contributed by atoms with Crippen LogP contribution in [0.2, 0.25) is 0 Å². The van der Waals surface area contributed by atoms with Crippen LogP contribution in [0.1, 0.15) is 12.8 Å². The lowest BCUT2D eigenvalue weighted by Gasteiger charge is -2.20. The minimum atomic E-state index is -0.393. The van der Waals surface area contributed by atoms with Crippen molar-refractivity contribution in [2.75, 3.05) is 17.2 Å². The number of aromatic nitrogens is 3. The van der Waals surface area contributed by atoms with Crippen LogP contribution in [0.15, 0.2) is 65.8 Å². The van der Waals surface area contributed by atoms with Gasteiger partial charge in [-0.25, -0.2) is 13.8 Å². The van der Waals surface area contributed by atoms with Gasteiger partial charge in [0.15, 0.2) is 5.13 Å². The Kier molecular flexibility index (Phi) is 6.93. The third-order valence-corrected chi connectivity index (χ3v) is 6.76. The van der Waals surface area contributed by atoms with Gasteiger partial charge in [0.2, 0.25) is 5.91 Å². The van der Waals surface area contributed by atoms with Gasteiger partial charge >= 0.3 is 0 Å². The Morgan fingerprint density at radius 3 is 2.71 bits per heavy atom. The Bertz CT molecular complexity index is 1150. The molecule has 5 nitrogen and oxygen atoms in total. The highest BCUT2D eigenvalue weighted by atomic mass is 32.2. The van der Waals surface area contributed by atoms with Gasteiger partial charge < -0.3 is 0 Å². The summed E-state index contributed by atoms with van der Waals surface area (Å²) in [5.74, 6) is 0.0138. The van der Waals surface area contributed by atoms with Gasteiger partial charge in [0.25, 0.3) is 0 Å². The van der Waals surface area contributed by atoms with Crippen LogP contribution in [0.3, 0.4) is 0 Å². The van der Waals surface area contributed by atoms with E-state index in [-0.39, 0.29) is 17.2 Å². The van der Waals surface area contributed by atoms with Gasteiger partial charge in [0, 0.05) is 30.3 Å². The van der Waals surface area contributed by atoms with Crippen molar-refractivity contribution in [3.8, 4) is 0 Å². The number of benzene rings is 2. The lowest BCUT2D eigenvalue weighted by Crippen LogP contribution is -2.34. The molecule has 2 heterocycles. The maximum absolute atomic E-state index is 14.1. The van der Waals surface area contributed by atoms with Crippen molar-refractivity contribution < 1.29 is 13.6 Å². The molecule has 0 saturated heterocycles. The molecule has 0 unspecified atom stereocenters. The molecule has 0 aliphatic carbocycles. The predicted octanol–water partition coefficient (Wildman–Crippen LogP) is 5.38. The second-order valence-electron chi connectivity index (χ2n) is 6.80. The van der Waals surface area contributed by atoms with E-state index in [4.69, 9.17) is 0 Å². The van der Waals surface area contributed by atoms with Gasteiger partial charge in [-0.2, -0.15) is 5.10 Å². The van der Waals surface area contributed by atoms with Crippen molar-refractivity contribution >= 4 is 44.4 Å². The number of hydrogen-bond acceptors (Lipinski definition) is 5. The minimum absolute atomic E-state index is 0.0636. The van der Waals surface area contributed by atoms with Crippen molar-refractivity contribution in [3.05, 3.63) is 72.6 Å². The SMILES string of the molecule is O=C(CCCSc1ccc(F)cc1)N(CCn1cccn1)c1nc2c(F)cccc2s1. The standard InChI is InChI=1S/C22H20F2N4OS2/c23-16-7-9-17(10-8-16)30-15-2-6-20(29)28(14-13-27-12-3-11-25-27)22-26-21-18(24)4-1-5-19(21)31-22/h1,3-5,7-12H,2,6,13-15H2. The Morgan fingerprint density at radius 1 is 1.13 bits per heavy atom. The molecule has 1 amide bonds. The molecule has 2 aromatic carbocycles. The summed E-state index contributed by atoms with van der Waals surface area (Å²) in [6.07, 6.45) is 4.52. The first-order valence-electron chi connectivity index (χ1n) is 9.81. The maximum atomic E-state index is 14.1. The van der Waals surface area contributed by atoms with Crippen LogP contribution in [0.5, 0.6) is 0 Å². The number of amides is 1. The first-order chi connectivity index (χ1) is 15.1. The van der Waals surface area contributed by atoms with Crippen LogP contribution in [0.25, 0.3) is 10.2 Å². The second-order valence-corrected chi connectivity index (χ2v) is 8.98. The number of fused-ring (bicyclic) bond motifs is 1. The minimum Gasteiger partial charge on any atom is -0.286 e. The smallest absolute Gasteiger partial charge is 0.228 e. The van der Waals surface area contributed by atoms with Crippen molar-refractivity contribution in [2.24, 2.45) is 0 Å². The van der Waals surface area contributed by atoms with E-state index in [1.165, 1.54) is 29.5 Å². The average molecular weight is 459 g/mol. The number of nitrogens with zero attached hydrogens (tertiary/aromatic N) is 4. The molecule has 0 aliphatic heterocycles. The zero-order valence-corrected chi connectivity index (χ0v) is 18.2. The number of para-hydroxylation sites is 1. The van der Waals surface area contributed by atoms with Crippen LogP contribution in [-0.2, 0) is 11.3 Å². The van der Waals surface area contributed by atoms with Crippen LogP contribution in [0, 0.1) is 11.6 Å². The number of hydrogen-bond donors (Lipinski definition) is 0. The van der Waals surface area contributed by atoms with E-state index < -0.39 is 5.82 Å². The zero-order chi connectivity index (χ0) is 21.6. The molecule has 0 N–H and O–H groups in total. The average Bonchev–Trinajstić information content (AvgIpc) is 3.43. The van der Waals surface area contributed by atoms with Crippen LogP contribution < -0.4 is 4.90 Å². The first-order valence-corrected chi connectivity index (χ1v) is 11.6. The Morgan fingerprint density at radius 2 is 1.97 bits per heavy atom. The van der Waals surface area contributed by atoms with Crippen molar-refractivity contribution in [2.45, 2.75) is 24.3 Å².